The lowest BCUT2D eigenvalue weighted by Gasteiger charge is -2.14. The Kier molecular flexibility index (Phi) is 7.98. The van der Waals surface area contributed by atoms with Crippen LogP contribution in [0.15, 0.2) is 60.7 Å². The van der Waals surface area contributed by atoms with Crippen molar-refractivity contribution in [3.8, 4) is 17.0 Å². The minimum absolute atomic E-state index is 0.264. The standard InChI is InChI=1S/C24H27N3O4/c1-29-13-12-25-23-21(24(28)26-19-8-5-9-20(15-19)31-3)10-11-22(27-23)18-7-4-6-17(14-18)16-30-2/h4-11,14-15H,12-13,16H2,1-3H3,(H,25,27)(H,26,28). The Morgan fingerprint density at radius 2 is 1.81 bits per heavy atom. The number of aromatic nitrogens is 1. The van der Waals surface area contributed by atoms with Crippen molar-refractivity contribution >= 4 is 17.4 Å². The summed E-state index contributed by atoms with van der Waals surface area (Å²) in [7, 11) is 4.88. The van der Waals surface area contributed by atoms with Gasteiger partial charge in [-0.25, -0.2) is 4.98 Å². The molecule has 0 unspecified atom stereocenters. The van der Waals surface area contributed by atoms with Crippen molar-refractivity contribution in [1.82, 2.24) is 4.98 Å². The maximum absolute atomic E-state index is 13.0. The van der Waals surface area contributed by atoms with Crippen molar-refractivity contribution in [2.75, 3.05) is 45.1 Å². The van der Waals surface area contributed by atoms with E-state index in [1.165, 1.54) is 0 Å². The number of pyridine rings is 1. The van der Waals surface area contributed by atoms with Crippen molar-refractivity contribution in [3.05, 3.63) is 71.8 Å². The quantitative estimate of drug-likeness (QED) is 0.477. The number of ether oxygens (including phenoxy) is 3. The van der Waals surface area contributed by atoms with Gasteiger partial charge in [0.1, 0.15) is 11.6 Å². The van der Waals surface area contributed by atoms with Crippen LogP contribution in [0, 0.1) is 0 Å². The van der Waals surface area contributed by atoms with E-state index < -0.39 is 0 Å². The number of hydrogen-bond acceptors (Lipinski definition) is 6. The van der Waals surface area contributed by atoms with Gasteiger partial charge in [0.2, 0.25) is 0 Å². The summed E-state index contributed by atoms with van der Waals surface area (Å²) < 4.78 is 15.6. The van der Waals surface area contributed by atoms with Gasteiger partial charge >= 0.3 is 0 Å². The molecule has 0 saturated carbocycles. The van der Waals surface area contributed by atoms with Gasteiger partial charge in [-0.2, -0.15) is 0 Å². The smallest absolute Gasteiger partial charge is 0.259 e. The first-order chi connectivity index (χ1) is 15.1. The molecule has 1 aromatic heterocycles. The van der Waals surface area contributed by atoms with Gasteiger partial charge in [-0.15, -0.1) is 0 Å². The van der Waals surface area contributed by atoms with Gasteiger partial charge in [0.15, 0.2) is 0 Å². The molecule has 3 rings (SSSR count). The van der Waals surface area contributed by atoms with Gasteiger partial charge in [0, 0.05) is 38.1 Å². The number of benzene rings is 2. The topological polar surface area (TPSA) is 81.7 Å². The van der Waals surface area contributed by atoms with Crippen LogP contribution in [0.3, 0.4) is 0 Å². The number of anilines is 2. The zero-order valence-electron chi connectivity index (χ0n) is 18.0. The summed E-state index contributed by atoms with van der Waals surface area (Å²) >= 11 is 0. The molecule has 0 spiro atoms. The highest BCUT2D eigenvalue weighted by Gasteiger charge is 2.15. The molecule has 31 heavy (non-hydrogen) atoms. The second-order valence-corrected chi connectivity index (χ2v) is 6.83. The van der Waals surface area contributed by atoms with Crippen molar-refractivity contribution in [1.29, 1.82) is 0 Å². The molecule has 0 saturated heterocycles. The third-order valence-corrected chi connectivity index (χ3v) is 4.60. The maximum atomic E-state index is 13.0. The summed E-state index contributed by atoms with van der Waals surface area (Å²) in [5.74, 6) is 0.896. The molecule has 162 valence electrons. The van der Waals surface area contributed by atoms with Gasteiger partial charge in [-0.05, 0) is 35.9 Å². The second-order valence-electron chi connectivity index (χ2n) is 6.83. The predicted octanol–water partition coefficient (Wildman–Crippen LogP) is 4.21. The summed E-state index contributed by atoms with van der Waals surface area (Å²) in [4.78, 5) is 17.7. The Labute approximate surface area is 182 Å². The van der Waals surface area contributed by atoms with Crippen LogP contribution >= 0.6 is 0 Å². The summed E-state index contributed by atoms with van der Waals surface area (Å²) in [6.45, 7) is 1.54. The fourth-order valence-corrected chi connectivity index (χ4v) is 3.10. The number of nitrogens with one attached hydrogen (secondary N) is 2. The predicted molar refractivity (Wildman–Crippen MR) is 122 cm³/mol. The normalized spacial score (nSPS) is 10.5. The highest BCUT2D eigenvalue weighted by Crippen LogP contribution is 2.25. The Morgan fingerprint density at radius 3 is 2.58 bits per heavy atom. The maximum Gasteiger partial charge on any atom is 0.259 e. The number of nitrogens with zero attached hydrogens (tertiary/aromatic N) is 1. The molecule has 0 bridgehead atoms. The largest absolute Gasteiger partial charge is 0.497 e. The van der Waals surface area contributed by atoms with Crippen molar-refractivity contribution in [2.45, 2.75) is 6.61 Å². The molecular formula is C24H27N3O4. The van der Waals surface area contributed by atoms with Crippen molar-refractivity contribution < 1.29 is 19.0 Å². The lowest BCUT2D eigenvalue weighted by atomic mass is 10.1. The van der Waals surface area contributed by atoms with Crippen LogP contribution in [0.2, 0.25) is 0 Å². The Balaban J connectivity index is 1.89. The summed E-state index contributed by atoms with van der Waals surface area (Å²) in [6, 6.07) is 18.8. The van der Waals surface area contributed by atoms with Crippen molar-refractivity contribution in [2.24, 2.45) is 0 Å². The monoisotopic (exact) mass is 421 g/mol. The second kappa shape index (κ2) is 11.1. The average Bonchev–Trinajstić information content (AvgIpc) is 2.79. The van der Waals surface area contributed by atoms with Gasteiger partial charge in [-0.3, -0.25) is 4.79 Å². The summed E-state index contributed by atoms with van der Waals surface area (Å²) in [5.41, 5.74) is 3.84. The molecule has 2 N–H and O–H groups in total. The Bertz CT molecular complexity index is 1020. The molecule has 3 aromatic rings. The van der Waals surface area contributed by atoms with Gasteiger partial charge < -0.3 is 24.8 Å². The van der Waals surface area contributed by atoms with E-state index in [0.29, 0.717) is 42.6 Å². The van der Waals surface area contributed by atoms with Crippen LogP contribution < -0.4 is 15.4 Å². The molecular weight excluding hydrogens is 394 g/mol. The summed E-state index contributed by atoms with van der Waals surface area (Å²) in [6.07, 6.45) is 0. The first-order valence-electron chi connectivity index (χ1n) is 9.92. The number of methoxy groups -OCH3 is 3. The fraction of sp³-hybridized carbons (Fsp3) is 0.250. The van der Waals surface area contributed by atoms with Gasteiger partial charge in [0.25, 0.3) is 5.91 Å². The van der Waals surface area contributed by atoms with E-state index in [9.17, 15) is 4.79 Å². The first kappa shape index (κ1) is 22.3. The van der Waals surface area contributed by atoms with Crippen LogP contribution in [-0.2, 0) is 16.1 Å². The molecule has 7 nitrogen and oxygen atoms in total. The fourth-order valence-electron chi connectivity index (χ4n) is 3.10. The molecule has 2 aromatic carbocycles. The Morgan fingerprint density at radius 1 is 0.968 bits per heavy atom. The molecule has 0 aliphatic carbocycles. The highest BCUT2D eigenvalue weighted by atomic mass is 16.5. The van der Waals surface area contributed by atoms with Crippen LogP contribution in [0.25, 0.3) is 11.3 Å². The van der Waals surface area contributed by atoms with Gasteiger partial charge in [-0.1, -0.05) is 24.3 Å². The lowest BCUT2D eigenvalue weighted by molar-refractivity contribution is 0.102. The van der Waals surface area contributed by atoms with Crippen LogP contribution in [-0.4, -0.2) is 45.4 Å². The third kappa shape index (κ3) is 6.04. The van der Waals surface area contributed by atoms with E-state index in [0.717, 1.165) is 16.8 Å². The zero-order valence-corrected chi connectivity index (χ0v) is 18.0. The number of carbonyl (C=O) groups excluding carboxylic acids is 1. The van der Waals surface area contributed by atoms with E-state index >= 15 is 0 Å². The van der Waals surface area contributed by atoms with Crippen LogP contribution in [0.4, 0.5) is 11.5 Å². The number of amides is 1. The Hall–Kier alpha value is -3.42. The average molecular weight is 421 g/mol. The molecule has 1 heterocycles. The molecule has 7 heteroatoms. The SMILES string of the molecule is COCCNc1nc(-c2cccc(COC)c2)ccc1C(=O)Nc1cccc(OC)c1. The number of hydrogen-bond donors (Lipinski definition) is 2. The third-order valence-electron chi connectivity index (χ3n) is 4.60. The van der Waals surface area contributed by atoms with E-state index in [2.05, 4.69) is 10.6 Å². The number of carbonyl (C=O) groups is 1. The first-order valence-corrected chi connectivity index (χ1v) is 9.92. The van der Waals surface area contributed by atoms with Crippen molar-refractivity contribution in [3.63, 3.8) is 0 Å². The van der Waals surface area contributed by atoms with Gasteiger partial charge in [0.05, 0.1) is 31.6 Å². The minimum Gasteiger partial charge on any atom is -0.497 e. The van der Waals surface area contributed by atoms with Crippen LogP contribution in [0.1, 0.15) is 15.9 Å². The van der Waals surface area contributed by atoms with E-state index in [1.807, 2.05) is 48.5 Å². The molecule has 0 radical (unpaired) electrons. The highest BCUT2D eigenvalue weighted by molar-refractivity contribution is 6.07. The molecule has 1 amide bonds. The van der Waals surface area contributed by atoms with E-state index in [4.69, 9.17) is 19.2 Å². The summed E-state index contributed by atoms with van der Waals surface area (Å²) in [5, 5.41) is 6.11. The lowest BCUT2D eigenvalue weighted by Crippen LogP contribution is -2.18. The number of rotatable bonds is 10. The van der Waals surface area contributed by atoms with Crippen LogP contribution in [0.5, 0.6) is 5.75 Å². The molecule has 0 fully saturated rings. The van der Waals surface area contributed by atoms with E-state index in [1.54, 1.807) is 33.5 Å². The molecule has 0 aliphatic rings. The molecule has 0 aliphatic heterocycles. The zero-order chi connectivity index (χ0) is 22.1. The van der Waals surface area contributed by atoms with E-state index in [-0.39, 0.29) is 5.91 Å². The minimum atomic E-state index is -0.264. The molecule has 0 atom stereocenters.